The number of rotatable bonds is 3. The van der Waals surface area contributed by atoms with Crippen molar-refractivity contribution in [2.24, 2.45) is 5.92 Å². The van der Waals surface area contributed by atoms with Crippen LogP contribution in [0.5, 0.6) is 0 Å². The predicted octanol–water partition coefficient (Wildman–Crippen LogP) is 2.88. The minimum Gasteiger partial charge on any atom is -0.325 e. The second kappa shape index (κ2) is 5.37. The first-order valence-corrected chi connectivity index (χ1v) is 6.47. The number of carbonyl (C=O) groups excluding carboxylic acids is 1. The Balaban J connectivity index is 1.73. The molecule has 0 atom stereocenters. The molecular weight excluding hydrogens is 200 g/mol. The number of hydrogen-bond donors (Lipinski definition) is 1. The fourth-order valence-corrected chi connectivity index (χ4v) is 2.28. The molecule has 0 heterocycles. The molecule has 0 aliphatic heterocycles. The molecular formula is C13H22N2O. The first-order valence-electron chi connectivity index (χ1n) is 6.47. The Morgan fingerprint density at radius 1 is 1.19 bits per heavy atom. The highest BCUT2D eigenvalue weighted by atomic mass is 16.2. The zero-order chi connectivity index (χ0) is 11.4. The molecule has 0 aromatic rings. The molecule has 90 valence electrons. The van der Waals surface area contributed by atoms with Crippen LogP contribution in [-0.4, -0.2) is 24.0 Å². The predicted molar refractivity (Wildman–Crippen MR) is 65.0 cm³/mol. The molecule has 2 fully saturated rings. The Kier molecular flexibility index (Phi) is 3.86. The van der Waals surface area contributed by atoms with E-state index in [-0.39, 0.29) is 6.03 Å². The van der Waals surface area contributed by atoms with E-state index >= 15 is 0 Å². The van der Waals surface area contributed by atoms with Crippen LogP contribution in [0.15, 0.2) is 12.3 Å². The maximum Gasteiger partial charge on any atom is 0.321 e. The fraction of sp³-hybridized carbons (Fsp3) is 0.769. The van der Waals surface area contributed by atoms with Gasteiger partial charge in [0.05, 0.1) is 0 Å². The highest BCUT2D eigenvalue weighted by Crippen LogP contribution is 2.29. The van der Waals surface area contributed by atoms with E-state index in [2.05, 4.69) is 11.4 Å². The molecule has 3 heteroatoms. The molecule has 16 heavy (non-hydrogen) atoms. The van der Waals surface area contributed by atoms with Crippen LogP contribution in [0.3, 0.4) is 0 Å². The quantitative estimate of drug-likeness (QED) is 0.782. The van der Waals surface area contributed by atoms with Crippen molar-refractivity contribution in [3.63, 3.8) is 0 Å². The number of nitrogens with one attached hydrogen (secondary N) is 1. The van der Waals surface area contributed by atoms with Crippen molar-refractivity contribution < 1.29 is 4.79 Å². The van der Waals surface area contributed by atoms with E-state index in [0.29, 0.717) is 6.04 Å². The van der Waals surface area contributed by atoms with Crippen molar-refractivity contribution in [2.75, 3.05) is 7.05 Å². The number of nitrogens with zero attached hydrogens (tertiary/aromatic N) is 1. The Morgan fingerprint density at radius 3 is 2.50 bits per heavy atom. The summed E-state index contributed by atoms with van der Waals surface area (Å²) in [7, 11) is 1.91. The van der Waals surface area contributed by atoms with Crippen molar-refractivity contribution in [1.29, 1.82) is 0 Å². The van der Waals surface area contributed by atoms with Gasteiger partial charge in [-0.2, -0.15) is 0 Å². The van der Waals surface area contributed by atoms with Crippen LogP contribution in [0.4, 0.5) is 4.79 Å². The summed E-state index contributed by atoms with van der Waals surface area (Å²) in [5.74, 6) is 0.722. The zero-order valence-electron chi connectivity index (χ0n) is 10.1. The van der Waals surface area contributed by atoms with Crippen LogP contribution in [0, 0.1) is 5.92 Å². The van der Waals surface area contributed by atoms with E-state index in [0.717, 1.165) is 18.8 Å². The molecule has 0 spiro atoms. The van der Waals surface area contributed by atoms with Gasteiger partial charge in [0, 0.05) is 19.3 Å². The summed E-state index contributed by atoms with van der Waals surface area (Å²) in [5, 5.41) is 2.86. The van der Waals surface area contributed by atoms with Crippen molar-refractivity contribution in [3.8, 4) is 0 Å². The third-order valence-electron chi connectivity index (χ3n) is 3.64. The first kappa shape index (κ1) is 11.5. The van der Waals surface area contributed by atoms with E-state index in [1.54, 1.807) is 0 Å². The summed E-state index contributed by atoms with van der Waals surface area (Å²) in [4.78, 5) is 13.7. The SMILES string of the molecule is CN(C(=O)N/C=C/C1CC1)C1CCCCC1. The molecule has 0 bridgehead atoms. The average Bonchev–Trinajstić information content (AvgIpc) is 3.13. The van der Waals surface area contributed by atoms with Crippen molar-refractivity contribution in [2.45, 2.75) is 51.0 Å². The molecule has 3 nitrogen and oxygen atoms in total. The Hall–Kier alpha value is -0.990. The van der Waals surface area contributed by atoms with Crippen LogP contribution in [0.1, 0.15) is 44.9 Å². The minimum atomic E-state index is 0.0452. The summed E-state index contributed by atoms with van der Waals surface area (Å²) in [6, 6.07) is 0.492. The van der Waals surface area contributed by atoms with Gasteiger partial charge < -0.3 is 10.2 Å². The molecule has 0 aromatic heterocycles. The van der Waals surface area contributed by atoms with Gasteiger partial charge in [-0.25, -0.2) is 4.79 Å². The van der Waals surface area contributed by atoms with Gasteiger partial charge in [-0.05, 0) is 31.6 Å². The van der Waals surface area contributed by atoms with Gasteiger partial charge in [0.15, 0.2) is 0 Å². The number of allylic oxidation sites excluding steroid dienone is 1. The smallest absolute Gasteiger partial charge is 0.321 e. The Morgan fingerprint density at radius 2 is 1.88 bits per heavy atom. The van der Waals surface area contributed by atoms with Gasteiger partial charge in [-0.1, -0.05) is 25.3 Å². The minimum absolute atomic E-state index is 0.0452. The van der Waals surface area contributed by atoms with Crippen molar-refractivity contribution in [1.82, 2.24) is 10.2 Å². The van der Waals surface area contributed by atoms with Gasteiger partial charge in [-0.15, -0.1) is 0 Å². The molecule has 2 rings (SSSR count). The van der Waals surface area contributed by atoms with E-state index in [4.69, 9.17) is 0 Å². The Labute approximate surface area is 97.9 Å². The third-order valence-corrected chi connectivity index (χ3v) is 3.64. The number of amides is 2. The van der Waals surface area contributed by atoms with E-state index in [1.165, 1.54) is 32.1 Å². The standard InChI is InChI=1S/C13H22N2O/c1-15(12-5-3-2-4-6-12)13(16)14-10-9-11-7-8-11/h9-12H,2-8H2,1H3,(H,14,16)/b10-9+. The maximum absolute atomic E-state index is 11.8. The van der Waals surface area contributed by atoms with E-state index < -0.39 is 0 Å². The lowest BCUT2D eigenvalue weighted by Crippen LogP contribution is -2.42. The highest BCUT2D eigenvalue weighted by Gasteiger charge is 2.21. The molecule has 2 aliphatic rings. The van der Waals surface area contributed by atoms with Crippen LogP contribution < -0.4 is 5.32 Å². The monoisotopic (exact) mass is 222 g/mol. The molecule has 1 N–H and O–H groups in total. The second-order valence-corrected chi connectivity index (χ2v) is 5.05. The molecule has 2 amide bonds. The molecule has 2 aliphatic carbocycles. The summed E-state index contributed by atoms with van der Waals surface area (Å²) >= 11 is 0. The van der Waals surface area contributed by atoms with Crippen LogP contribution in [0.2, 0.25) is 0 Å². The molecule has 0 unspecified atom stereocenters. The van der Waals surface area contributed by atoms with Crippen molar-refractivity contribution >= 4 is 6.03 Å². The largest absolute Gasteiger partial charge is 0.325 e. The van der Waals surface area contributed by atoms with Crippen LogP contribution >= 0.6 is 0 Å². The Bertz CT molecular complexity index is 265. The van der Waals surface area contributed by atoms with E-state index in [9.17, 15) is 4.79 Å². The summed E-state index contributed by atoms with van der Waals surface area (Å²) in [6.45, 7) is 0. The van der Waals surface area contributed by atoms with Crippen molar-refractivity contribution in [3.05, 3.63) is 12.3 Å². The van der Waals surface area contributed by atoms with Gasteiger partial charge >= 0.3 is 6.03 Å². The van der Waals surface area contributed by atoms with E-state index in [1.807, 2.05) is 18.1 Å². The normalized spacial score (nSPS) is 22.3. The van der Waals surface area contributed by atoms with Crippen LogP contribution in [0.25, 0.3) is 0 Å². The highest BCUT2D eigenvalue weighted by molar-refractivity contribution is 5.75. The van der Waals surface area contributed by atoms with Crippen LogP contribution in [-0.2, 0) is 0 Å². The number of carbonyl (C=O) groups is 1. The molecule has 0 aromatic carbocycles. The fourth-order valence-electron chi connectivity index (χ4n) is 2.28. The van der Waals surface area contributed by atoms with Gasteiger partial charge in [0.2, 0.25) is 0 Å². The topological polar surface area (TPSA) is 32.3 Å². The lowest BCUT2D eigenvalue weighted by molar-refractivity contribution is 0.177. The first-order chi connectivity index (χ1) is 7.77. The third kappa shape index (κ3) is 3.26. The summed E-state index contributed by atoms with van der Waals surface area (Å²) in [6.07, 6.45) is 12.7. The number of urea groups is 1. The van der Waals surface area contributed by atoms with Gasteiger partial charge in [0.25, 0.3) is 0 Å². The maximum atomic E-state index is 11.8. The summed E-state index contributed by atoms with van der Waals surface area (Å²) < 4.78 is 0. The second-order valence-electron chi connectivity index (χ2n) is 5.05. The lowest BCUT2D eigenvalue weighted by atomic mass is 9.95. The van der Waals surface area contributed by atoms with Gasteiger partial charge in [0.1, 0.15) is 0 Å². The summed E-state index contributed by atoms with van der Waals surface area (Å²) in [5.41, 5.74) is 0. The number of hydrogen-bond acceptors (Lipinski definition) is 1. The zero-order valence-corrected chi connectivity index (χ0v) is 10.1. The van der Waals surface area contributed by atoms with Gasteiger partial charge in [-0.3, -0.25) is 0 Å². The molecule has 0 saturated heterocycles. The molecule has 0 radical (unpaired) electrons. The molecule has 2 saturated carbocycles. The lowest BCUT2D eigenvalue weighted by Gasteiger charge is -2.30. The average molecular weight is 222 g/mol.